The van der Waals surface area contributed by atoms with Crippen molar-refractivity contribution in [2.45, 2.75) is 26.4 Å². The fourth-order valence-corrected chi connectivity index (χ4v) is 2.22. The third kappa shape index (κ3) is 4.45. The molecule has 0 fully saturated rings. The fourth-order valence-electron chi connectivity index (χ4n) is 2.22. The summed E-state index contributed by atoms with van der Waals surface area (Å²) in [6.07, 6.45) is 1.85. The third-order valence-electron chi connectivity index (χ3n) is 3.10. The Morgan fingerprint density at radius 1 is 1.37 bits per heavy atom. The van der Waals surface area contributed by atoms with Crippen molar-refractivity contribution in [1.29, 1.82) is 0 Å². The van der Waals surface area contributed by atoms with Crippen molar-refractivity contribution in [3.63, 3.8) is 0 Å². The Balaban J connectivity index is 2.72. The van der Waals surface area contributed by atoms with Crippen molar-refractivity contribution in [1.82, 2.24) is 9.88 Å². The van der Waals surface area contributed by atoms with E-state index in [0.29, 0.717) is 6.61 Å². The minimum absolute atomic E-state index is 0.0163. The molecule has 1 rings (SSSR count). The maximum absolute atomic E-state index is 5.95. The second kappa shape index (κ2) is 7.43. The van der Waals surface area contributed by atoms with Crippen molar-refractivity contribution >= 4 is 0 Å². The Hall–Kier alpha value is -1.17. The van der Waals surface area contributed by atoms with E-state index in [9.17, 15) is 0 Å². The van der Waals surface area contributed by atoms with E-state index < -0.39 is 0 Å². The first-order valence-corrected chi connectivity index (χ1v) is 6.41. The highest BCUT2D eigenvalue weighted by molar-refractivity contribution is 5.40. The fraction of sp³-hybridized carbons (Fsp3) is 0.643. The molecule has 1 heterocycles. The first-order chi connectivity index (χ1) is 8.99. The number of methoxy groups -OCH3 is 2. The minimum atomic E-state index is 0.0163. The second-order valence-electron chi connectivity index (χ2n) is 4.96. The molecule has 5 heteroatoms. The summed E-state index contributed by atoms with van der Waals surface area (Å²) < 4.78 is 10.5. The number of nitrogens with zero attached hydrogens (tertiary/aromatic N) is 2. The molecule has 108 valence electrons. The van der Waals surface area contributed by atoms with Crippen LogP contribution in [0.3, 0.4) is 0 Å². The lowest BCUT2D eigenvalue weighted by Crippen LogP contribution is -2.38. The van der Waals surface area contributed by atoms with Crippen LogP contribution in [0.1, 0.15) is 16.8 Å². The van der Waals surface area contributed by atoms with Crippen LogP contribution >= 0.6 is 0 Å². The summed E-state index contributed by atoms with van der Waals surface area (Å²) in [5.41, 5.74) is 9.12. The van der Waals surface area contributed by atoms with Crippen LogP contribution in [0.15, 0.2) is 6.20 Å². The number of hydrogen-bond donors (Lipinski definition) is 1. The van der Waals surface area contributed by atoms with Crippen molar-refractivity contribution < 1.29 is 9.47 Å². The monoisotopic (exact) mass is 267 g/mol. The summed E-state index contributed by atoms with van der Waals surface area (Å²) in [4.78, 5) is 6.63. The highest BCUT2D eigenvalue weighted by Gasteiger charge is 2.13. The smallest absolute Gasteiger partial charge is 0.128 e. The van der Waals surface area contributed by atoms with E-state index >= 15 is 0 Å². The molecular formula is C14H25N3O2. The lowest BCUT2D eigenvalue weighted by atomic mass is 10.1. The Kier molecular flexibility index (Phi) is 6.21. The molecule has 0 radical (unpaired) electrons. The zero-order valence-corrected chi connectivity index (χ0v) is 12.6. The maximum Gasteiger partial charge on any atom is 0.128 e. The molecule has 0 amide bonds. The van der Waals surface area contributed by atoms with E-state index in [4.69, 9.17) is 15.2 Å². The third-order valence-corrected chi connectivity index (χ3v) is 3.10. The van der Waals surface area contributed by atoms with E-state index in [1.54, 1.807) is 14.2 Å². The van der Waals surface area contributed by atoms with E-state index in [-0.39, 0.29) is 6.04 Å². The van der Waals surface area contributed by atoms with Crippen LogP contribution < -0.4 is 10.5 Å². The maximum atomic E-state index is 5.95. The SMILES string of the molecule is COCC(N)CN(C)Cc1ncc(C)c(OC)c1C. The van der Waals surface area contributed by atoms with Gasteiger partial charge < -0.3 is 15.2 Å². The largest absolute Gasteiger partial charge is 0.496 e. The summed E-state index contributed by atoms with van der Waals surface area (Å²) in [6.45, 7) is 6.12. The molecule has 0 aliphatic heterocycles. The predicted octanol–water partition coefficient (Wildman–Crippen LogP) is 1.11. The molecule has 1 aromatic heterocycles. The van der Waals surface area contributed by atoms with Gasteiger partial charge in [-0.2, -0.15) is 0 Å². The second-order valence-corrected chi connectivity index (χ2v) is 4.96. The van der Waals surface area contributed by atoms with Crippen LogP contribution in [-0.4, -0.2) is 50.3 Å². The zero-order valence-electron chi connectivity index (χ0n) is 12.6. The normalized spacial score (nSPS) is 12.8. The molecule has 19 heavy (non-hydrogen) atoms. The molecule has 2 N–H and O–H groups in total. The molecule has 1 aromatic rings. The molecule has 1 unspecified atom stereocenters. The summed E-state index contributed by atoms with van der Waals surface area (Å²) in [5.74, 6) is 0.916. The van der Waals surface area contributed by atoms with Gasteiger partial charge >= 0.3 is 0 Å². The minimum Gasteiger partial charge on any atom is -0.496 e. The van der Waals surface area contributed by atoms with Gasteiger partial charge in [0.25, 0.3) is 0 Å². The van der Waals surface area contributed by atoms with Gasteiger partial charge in [0.1, 0.15) is 5.75 Å². The van der Waals surface area contributed by atoms with Gasteiger partial charge in [0, 0.05) is 43.6 Å². The Morgan fingerprint density at radius 2 is 2.05 bits per heavy atom. The number of rotatable bonds is 7. The van der Waals surface area contributed by atoms with Gasteiger partial charge in [0.05, 0.1) is 19.4 Å². The van der Waals surface area contributed by atoms with Crippen LogP contribution in [0, 0.1) is 13.8 Å². The Labute approximate surface area is 115 Å². The molecule has 0 bridgehead atoms. The molecule has 0 saturated heterocycles. The van der Waals surface area contributed by atoms with Gasteiger partial charge in [-0.3, -0.25) is 9.88 Å². The first kappa shape index (κ1) is 15.9. The highest BCUT2D eigenvalue weighted by atomic mass is 16.5. The summed E-state index contributed by atoms with van der Waals surface area (Å²) in [6, 6.07) is 0.0163. The predicted molar refractivity (Wildman–Crippen MR) is 76.4 cm³/mol. The van der Waals surface area contributed by atoms with Crippen molar-refractivity contribution in [2.24, 2.45) is 5.73 Å². The van der Waals surface area contributed by atoms with Gasteiger partial charge in [-0.15, -0.1) is 0 Å². The van der Waals surface area contributed by atoms with Crippen molar-refractivity contribution in [3.05, 3.63) is 23.0 Å². The number of ether oxygens (including phenoxy) is 2. The number of pyridine rings is 1. The first-order valence-electron chi connectivity index (χ1n) is 6.41. The number of hydrogen-bond acceptors (Lipinski definition) is 5. The summed E-state index contributed by atoms with van der Waals surface area (Å²) >= 11 is 0. The van der Waals surface area contributed by atoms with Crippen LogP contribution in [-0.2, 0) is 11.3 Å². The number of aryl methyl sites for hydroxylation is 1. The Bertz CT molecular complexity index is 410. The molecule has 0 aliphatic rings. The molecule has 0 aliphatic carbocycles. The zero-order chi connectivity index (χ0) is 14.4. The van der Waals surface area contributed by atoms with Gasteiger partial charge in [0.15, 0.2) is 0 Å². The van der Waals surface area contributed by atoms with Gasteiger partial charge in [-0.05, 0) is 20.9 Å². The van der Waals surface area contributed by atoms with Crippen LogP contribution in [0.2, 0.25) is 0 Å². The molecular weight excluding hydrogens is 242 g/mol. The van der Waals surface area contributed by atoms with Crippen LogP contribution in [0.4, 0.5) is 0 Å². The van der Waals surface area contributed by atoms with Gasteiger partial charge in [0.2, 0.25) is 0 Å². The number of likely N-dealkylation sites (N-methyl/N-ethyl adjacent to an activating group) is 1. The Morgan fingerprint density at radius 3 is 2.63 bits per heavy atom. The molecule has 1 atom stereocenters. The molecule has 0 aromatic carbocycles. The average molecular weight is 267 g/mol. The van der Waals surface area contributed by atoms with E-state index in [0.717, 1.165) is 35.7 Å². The summed E-state index contributed by atoms with van der Waals surface area (Å²) in [7, 11) is 5.39. The molecule has 0 saturated carbocycles. The van der Waals surface area contributed by atoms with E-state index in [2.05, 4.69) is 9.88 Å². The van der Waals surface area contributed by atoms with E-state index in [1.165, 1.54) is 0 Å². The average Bonchev–Trinajstić information content (AvgIpc) is 2.33. The standard InChI is InChI=1S/C14H25N3O2/c1-10-6-16-13(11(2)14(10)19-5)8-17(3)7-12(15)9-18-4/h6,12H,7-9,15H2,1-5H3. The van der Waals surface area contributed by atoms with Gasteiger partial charge in [-0.25, -0.2) is 0 Å². The quantitative estimate of drug-likeness (QED) is 0.802. The molecule has 0 spiro atoms. The van der Waals surface area contributed by atoms with Gasteiger partial charge in [-0.1, -0.05) is 0 Å². The van der Waals surface area contributed by atoms with Crippen LogP contribution in [0.25, 0.3) is 0 Å². The van der Waals surface area contributed by atoms with Crippen molar-refractivity contribution in [3.8, 4) is 5.75 Å². The van der Waals surface area contributed by atoms with Crippen molar-refractivity contribution in [2.75, 3.05) is 34.4 Å². The number of nitrogens with two attached hydrogens (primary N) is 1. The molecule has 5 nitrogen and oxygen atoms in total. The highest BCUT2D eigenvalue weighted by Crippen LogP contribution is 2.24. The number of aromatic nitrogens is 1. The van der Waals surface area contributed by atoms with E-state index in [1.807, 2.05) is 27.1 Å². The van der Waals surface area contributed by atoms with Crippen LogP contribution in [0.5, 0.6) is 5.75 Å². The summed E-state index contributed by atoms with van der Waals surface area (Å²) in [5, 5.41) is 0. The lowest BCUT2D eigenvalue weighted by Gasteiger charge is -2.22. The topological polar surface area (TPSA) is 60.6 Å². The lowest BCUT2D eigenvalue weighted by molar-refractivity contribution is 0.159.